The normalized spacial score (nSPS) is 10.1. The summed E-state index contributed by atoms with van der Waals surface area (Å²) >= 11 is 1.27. The van der Waals surface area contributed by atoms with E-state index in [2.05, 4.69) is 20.0 Å². The Kier molecular flexibility index (Phi) is 5.73. The number of nitrogens with zero attached hydrogens (tertiary/aromatic N) is 2. The van der Waals surface area contributed by atoms with Crippen molar-refractivity contribution in [3.8, 4) is 0 Å². The van der Waals surface area contributed by atoms with Gasteiger partial charge in [0.15, 0.2) is 0 Å². The number of methoxy groups -OCH3 is 1. The fourth-order valence-corrected chi connectivity index (χ4v) is 1.62. The molecule has 0 aliphatic carbocycles. The molecule has 1 rings (SSSR count). The lowest BCUT2D eigenvalue weighted by molar-refractivity contribution is -0.119. The Morgan fingerprint density at radius 3 is 3.00 bits per heavy atom. The van der Waals surface area contributed by atoms with E-state index in [1.807, 2.05) is 6.92 Å². The van der Waals surface area contributed by atoms with Gasteiger partial charge in [0.05, 0.1) is 13.2 Å². The van der Waals surface area contributed by atoms with Crippen LogP contribution in [-0.4, -0.2) is 42.1 Å². The third-order valence-electron chi connectivity index (χ3n) is 1.81. The SMILES string of the molecule is CCc1nsc(NCC(=O)NCCOC)n1. The number of nitrogens with one attached hydrogen (secondary N) is 2. The molecule has 0 aliphatic rings. The largest absolute Gasteiger partial charge is 0.383 e. The van der Waals surface area contributed by atoms with E-state index < -0.39 is 0 Å². The first-order valence-corrected chi connectivity index (χ1v) is 5.85. The maximum Gasteiger partial charge on any atom is 0.239 e. The summed E-state index contributed by atoms with van der Waals surface area (Å²) in [6, 6.07) is 0. The number of aryl methyl sites for hydroxylation is 1. The minimum atomic E-state index is -0.0784. The molecule has 1 amide bonds. The van der Waals surface area contributed by atoms with Crippen molar-refractivity contribution in [2.24, 2.45) is 0 Å². The van der Waals surface area contributed by atoms with Crippen LogP contribution in [0.1, 0.15) is 12.7 Å². The van der Waals surface area contributed by atoms with Gasteiger partial charge in [0.25, 0.3) is 0 Å². The van der Waals surface area contributed by atoms with Crippen LogP contribution in [0.4, 0.5) is 5.13 Å². The molecule has 0 radical (unpaired) electrons. The summed E-state index contributed by atoms with van der Waals surface area (Å²) in [7, 11) is 1.60. The molecular weight excluding hydrogens is 228 g/mol. The van der Waals surface area contributed by atoms with Gasteiger partial charge in [-0.15, -0.1) is 0 Å². The Morgan fingerprint density at radius 1 is 1.56 bits per heavy atom. The van der Waals surface area contributed by atoms with Gasteiger partial charge < -0.3 is 15.4 Å². The maximum absolute atomic E-state index is 11.3. The van der Waals surface area contributed by atoms with Gasteiger partial charge in [-0.2, -0.15) is 4.37 Å². The summed E-state index contributed by atoms with van der Waals surface area (Å²) in [4.78, 5) is 15.5. The standard InChI is InChI=1S/C9H16N4O2S/c1-3-7-12-9(16-13-7)11-6-8(14)10-4-5-15-2/h3-6H2,1-2H3,(H,10,14)(H,11,12,13). The number of anilines is 1. The Hall–Kier alpha value is -1.21. The van der Waals surface area contributed by atoms with Gasteiger partial charge in [-0.05, 0) is 0 Å². The molecule has 0 saturated carbocycles. The summed E-state index contributed by atoms with van der Waals surface area (Å²) in [5, 5.41) is 6.30. The molecule has 0 aromatic carbocycles. The molecule has 1 aromatic rings. The van der Waals surface area contributed by atoms with E-state index in [1.54, 1.807) is 7.11 Å². The average Bonchev–Trinajstić information content (AvgIpc) is 2.74. The molecule has 0 spiro atoms. The lowest BCUT2D eigenvalue weighted by Crippen LogP contribution is -2.32. The van der Waals surface area contributed by atoms with Crippen molar-refractivity contribution in [3.05, 3.63) is 5.82 Å². The molecule has 90 valence electrons. The van der Waals surface area contributed by atoms with Crippen LogP contribution >= 0.6 is 11.5 Å². The van der Waals surface area contributed by atoms with Gasteiger partial charge in [0.1, 0.15) is 5.82 Å². The molecule has 1 heterocycles. The molecular formula is C9H16N4O2S. The van der Waals surface area contributed by atoms with E-state index >= 15 is 0 Å². The topological polar surface area (TPSA) is 76.1 Å². The maximum atomic E-state index is 11.3. The van der Waals surface area contributed by atoms with E-state index in [9.17, 15) is 4.79 Å². The monoisotopic (exact) mass is 244 g/mol. The van der Waals surface area contributed by atoms with E-state index in [1.165, 1.54) is 11.5 Å². The number of amides is 1. The Labute approximate surface area is 98.6 Å². The van der Waals surface area contributed by atoms with Gasteiger partial charge >= 0.3 is 0 Å². The van der Waals surface area contributed by atoms with Gasteiger partial charge in [-0.25, -0.2) is 4.98 Å². The molecule has 0 bridgehead atoms. The molecule has 1 aromatic heterocycles. The zero-order chi connectivity index (χ0) is 11.8. The molecule has 16 heavy (non-hydrogen) atoms. The highest BCUT2D eigenvalue weighted by Gasteiger charge is 2.04. The van der Waals surface area contributed by atoms with Crippen LogP contribution in [0.15, 0.2) is 0 Å². The number of carbonyl (C=O) groups excluding carboxylic acids is 1. The van der Waals surface area contributed by atoms with Crippen molar-refractivity contribution in [1.82, 2.24) is 14.7 Å². The zero-order valence-corrected chi connectivity index (χ0v) is 10.3. The third kappa shape index (κ3) is 4.54. The van der Waals surface area contributed by atoms with Crippen LogP contribution in [0.2, 0.25) is 0 Å². The number of carbonyl (C=O) groups is 1. The highest BCUT2D eigenvalue weighted by molar-refractivity contribution is 7.09. The predicted octanol–water partition coefficient (Wildman–Crippen LogP) is 0.275. The minimum Gasteiger partial charge on any atom is -0.383 e. The van der Waals surface area contributed by atoms with E-state index in [4.69, 9.17) is 4.74 Å². The van der Waals surface area contributed by atoms with Crippen LogP contribution in [-0.2, 0) is 16.0 Å². The summed E-state index contributed by atoms with van der Waals surface area (Å²) in [6.45, 7) is 3.24. The molecule has 0 saturated heterocycles. The number of rotatable bonds is 7. The van der Waals surface area contributed by atoms with Gasteiger partial charge in [0, 0.05) is 31.6 Å². The second-order valence-corrected chi connectivity index (χ2v) is 3.82. The van der Waals surface area contributed by atoms with E-state index in [-0.39, 0.29) is 12.5 Å². The van der Waals surface area contributed by atoms with Crippen LogP contribution in [0.3, 0.4) is 0 Å². The smallest absolute Gasteiger partial charge is 0.239 e. The fourth-order valence-electron chi connectivity index (χ4n) is 0.980. The molecule has 0 atom stereocenters. The lowest BCUT2D eigenvalue weighted by atomic mass is 10.5. The second kappa shape index (κ2) is 7.13. The second-order valence-electron chi connectivity index (χ2n) is 3.07. The highest BCUT2D eigenvalue weighted by Crippen LogP contribution is 2.10. The Bertz CT molecular complexity index is 329. The summed E-state index contributed by atoms with van der Waals surface area (Å²) in [6.07, 6.45) is 0.804. The Balaban J connectivity index is 2.20. The number of ether oxygens (including phenoxy) is 1. The molecule has 6 nitrogen and oxygen atoms in total. The van der Waals surface area contributed by atoms with Crippen molar-refractivity contribution in [2.45, 2.75) is 13.3 Å². The molecule has 0 aliphatic heterocycles. The highest BCUT2D eigenvalue weighted by atomic mass is 32.1. The first-order chi connectivity index (χ1) is 7.76. The quantitative estimate of drug-likeness (QED) is 0.674. The summed E-state index contributed by atoms with van der Waals surface area (Å²) in [5.74, 6) is 0.720. The van der Waals surface area contributed by atoms with Crippen LogP contribution < -0.4 is 10.6 Å². The number of hydrogen-bond donors (Lipinski definition) is 2. The van der Waals surface area contributed by atoms with Crippen molar-refractivity contribution in [2.75, 3.05) is 32.1 Å². The van der Waals surface area contributed by atoms with Gasteiger partial charge in [-0.3, -0.25) is 4.79 Å². The van der Waals surface area contributed by atoms with Gasteiger partial charge in [-0.1, -0.05) is 6.92 Å². The molecule has 0 fully saturated rings. The van der Waals surface area contributed by atoms with E-state index in [0.717, 1.165) is 12.2 Å². The van der Waals surface area contributed by atoms with Crippen molar-refractivity contribution >= 4 is 22.6 Å². The minimum absolute atomic E-state index is 0.0784. The Morgan fingerprint density at radius 2 is 2.38 bits per heavy atom. The zero-order valence-electron chi connectivity index (χ0n) is 9.45. The molecule has 2 N–H and O–H groups in total. The van der Waals surface area contributed by atoms with Crippen LogP contribution in [0.5, 0.6) is 0 Å². The predicted molar refractivity (Wildman–Crippen MR) is 62.7 cm³/mol. The van der Waals surface area contributed by atoms with Crippen molar-refractivity contribution in [3.63, 3.8) is 0 Å². The van der Waals surface area contributed by atoms with Crippen molar-refractivity contribution < 1.29 is 9.53 Å². The fraction of sp³-hybridized carbons (Fsp3) is 0.667. The van der Waals surface area contributed by atoms with Crippen LogP contribution in [0, 0.1) is 0 Å². The summed E-state index contributed by atoms with van der Waals surface area (Å²) in [5.41, 5.74) is 0. The van der Waals surface area contributed by atoms with E-state index in [0.29, 0.717) is 18.3 Å². The average molecular weight is 244 g/mol. The van der Waals surface area contributed by atoms with Crippen molar-refractivity contribution in [1.29, 1.82) is 0 Å². The first kappa shape index (κ1) is 12.9. The lowest BCUT2D eigenvalue weighted by Gasteiger charge is -2.04. The summed E-state index contributed by atoms with van der Waals surface area (Å²) < 4.78 is 8.92. The molecule has 7 heteroatoms. The van der Waals surface area contributed by atoms with Crippen LogP contribution in [0.25, 0.3) is 0 Å². The molecule has 0 unspecified atom stereocenters. The third-order valence-corrected chi connectivity index (χ3v) is 2.52. The first-order valence-electron chi connectivity index (χ1n) is 5.08. The number of hydrogen-bond acceptors (Lipinski definition) is 6. The van der Waals surface area contributed by atoms with Gasteiger partial charge in [0.2, 0.25) is 11.0 Å². The number of aromatic nitrogens is 2.